The Morgan fingerprint density at radius 1 is 1.15 bits per heavy atom. The maximum Gasteiger partial charge on any atom is 0.0914 e. The molecule has 3 unspecified atom stereocenters. The molecule has 1 aliphatic rings. The maximum atomic E-state index is 10.3. The fourth-order valence-electron chi connectivity index (χ4n) is 3.47. The molecule has 0 saturated heterocycles. The third-order valence-corrected chi connectivity index (χ3v) is 4.64. The van der Waals surface area contributed by atoms with Gasteiger partial charge in [-0.1, -0.05) is 63.9 Å². The van der Waals surface area contributed by atoms with Gasteiger partial charge in [-0.15, -0.1) is 0 Å². The zero-order valence-electron chi connectivity index (χ0n) is 13.1. The molecule has 0 spiro atoms. The molecule has 0 amide bonds. The van der Waals surface area contributed by atoms with Crippen LogP contribution in [-0.4, -0.2) is 17.7 Å². The molecule has 2 rings (SSSR count). The quantitative estimate of drug-likeness (QED) is 0.873. The number of aliphatic hydroxyl groups excluding tert-OH is 1. The van der Waals surface area contributed by atoms with Crippen LogP contribution in [0.4, 0.5) is 0 Å². The van der Waals surface area contributed by atoms with Crippen LogP contribution in [0.15, 0.2) is 30.3 Å². The Kier molecular flexibility index (Phi) is 5.22. The van der Waals surface area contributed by atoms with Crippen molar-refractivity contribution in [3.63, 3.8) is 0 Å². The lowest BCUT2D eigenvalue weighted by Gasteiger charge is -2.41. The van der Waals surface area contributed by atoms with Gasteiger partial charge in [-0.05, 0) is 29.7 Å². The second-order valence-corrected chi connectivity index (χ2v) is 7.20. The van der Waals surface area contributed by atoms with Gasteiger partial charge in [-0.3, -0.25) is 0 Å². The summed E-state index contributed by atoms with van der Waals surface area (Å²) >= 11 is 0. The second-order valence-electron chi connectivity index (χ2n) is 7.20. The van der Waals surface area contributed by atoms with Gasteiger partial charge in [0.25, 0.3) is 0 Å². The molecule has 1 aliphatic carbocycles. The number of hydrogen-bond acceptors (Lipinski definition) is 2. The summed E-state index contributed by atoms with van der Waals surface area (Å²) in [7, 11) is 0. The van der Waals surface area contributed by atoms with E-state index in [2.05, 4.69) is 26.1 Å². The molecule has 2 nitrogen and oxygen atoms in total. The van der Waals surface area contributed by atoms with Gasteiger partial charge in [0, 0.05) is 12.6 Å². The van der Waals surface area contributed by atoms with Crippen LogP contribution in [0, 0.1) is 11.3 Å². The first-order valence-corrected chi connectivity index (χ1v) is 7.95. The average Bonchev–Trinajstić information content (AvgIpc) is 2.45. The fraction of sp³-hybridized carbons (Fsp3) is 0.667. The molecule has 1 saturated carbocycles. The van der Waals surface area contributed by atoms with Crippen LogP contribution in [-0.2, 0) is 0 Å². The highest BCUT2D eigenvalue weighted by Crippen LogP contribution is 2.38. The van der Waals surface area contributed by atoms with E-state index in [1.165, 1.54) is 25.7 Å². The Bertz CT molecular complexity index is 396. The third-order valence-electron chi connectivity index (χ3n) is 4.64. The molecule has 2 N–H and O–H groups in total. The SMILES string of the molecule is CC(C)(C)C1CCCCC1NCC(O)c1ccccc1. The van der Waals surface area contributed by atoms with Gasteiger partial charge < -0.3 is 10.4 Å². The van der Waals surface area contributed by atoms with E-state index in [9.17, 15) is 5.11 Å². The van der Waals surface area contributed by atoms with E-state index in [0.717, 1.165) is 5.56 Å². The van der Waals surface area contributed by atoms with Crippen LogP contribution in [0.2, 0.25) is 0 Å². The largest absolute Gasteiger partial charge is 0.387 e. The molecule has 1 aromatic carbocycles. The molecule has 3 atom stereocenters. The molecule has 20 heavy (non-hydrogen) atoms. The molecule has 1 aromatic rings. The smallest absolute Gasteiger partial charge is 0.0914 e. The molecule has 112 valence electrons. The van der Waals surface area contributed by atoms with Crippen LogP contribution in [0.5, 0.6) is 0 Å². The molecule has 0 aliphatic heterocycles. The summed E-state index contributed by atoms with van der Waals surface area (Å²) in [6, 6.07) is 10.5. The van der Waals surface area contributed by atoms with Crippen molar-refractivity contribution in [1.82, 2.24) is 5.32 Å². The number of nitrogens with one attached hydrogen (secondary N) is 1. The van der Waals surface area contributed by atoms with E-state index in [4.69, 9.17) is 0 Å². The number of aliphatic hydroxyl groups is 1. The zero-order valence-corrected chi connectivity index (χ0v) is 13.1. The Labute approximate surface area is 123 Å². The van der Waals surface area contributed by atoms with Gasteiger partial charge in [0.15, 0.2) is 0 Å². The van der Waals surface area contributed by atoms with Crippen molar-refractivity contribution in [1.29, 1.82) is 0 Å². The van der Waals surface area contributed by atoms with Gasteiger partial charge >= 0.3 is 0 Å². The first-order chi connectivity index (χ1) is 9.48. The van der Waals surface area contributed by atoms with E-state index < -0.39 is 6.10 Å². The summed E-state index contributed by atoms with van der Waals surface area (Å²) < 4.78 is 0. The predicted octanol–water partition coefficient (Wildman–Crippen LogP) is 3.91. The number of hydrogen-bond donors (Lipinski definition) is 2. The molecule has 1 fully saturated rings. The minimum atomic E-state index is -0.404. The summed E-state index contributed by atoms with van der Waals surface area (Å²) in [5, 5.41) is 13.9. The van der Waals surface area contributed by atoms with Crippen LogP contribution in [0.1, 0.15) is 58.1 Å². The summed E-state index contributed by atoms with van der Waals surface area (Å²) in [6.07, 6.45) is 4.80. The summed E-state index contributed by atoms with van der Waals surface area (Å²) in [5.41, 5.74) is 1.35. The van der Waals surface area contributed by atoms with E-state index in [0.29, 0.717) is 23.9 Å². The first-order valence-electron chi connectivity index (χ1n) is 7.95. The number of rotatable bonds is 4. The van der Waals surface area contributed by atoms with Crippen molar-refractivity contribution < 1.29 is 5.11 Å². The predicted molar refractivity (Wildman–Crippen MR) is 84.6 cm³/mol. The lowest BCUT2D eigenvalue weighted by molar-refractivity contribution is 0.109. The van der Waals surface area contributed by atoms with E-state index in [1.54, 1.807) is 0 Å². The minimum absolute atomic E-state index is 0.343. The van der Waals surface area contributed by atoms with Gasteiger partial charge in [-0.25, -0.2) is 0 Å². The molecule has 2 heteroatoms. The van der Waals surface area contributed by atoms with Gasteiger partial charge in [0.2, 0.25) is 0 Å². The lowest BCUT2D eigenvalue weighted by atomic mass is 9.69. The monoisotopic (exact) mass is 275 g/mol. The Morgan fingerprint density at radius 3 is 2.45 bits per heavy atom. The van der Waals surface area contributed by atoms with Crippen LogP contribution < -0.4 is 5.32 Å². The van der Waals surface area contributed by atoms with Crippen LogP contribution >= 0.6 is 0 Å². The second kappa shape index (κ2) is 6.73. The highest BCUT2D eigenvalue weighted by Gasteiger charge is 2.33. The standard InChI is InChI=1S/C18H29NO/c1-18(2,3)15-11-7-8-12-16(15)19-13-17(20)14-9-5-4-6-10-14/h4-6,9-10,15-17,19-20H,7-8,11-13H2,1-3H3. The molecular weight excluding hydrogens is 246 g/mol. The van der Waals surface area contributed by atoms with Crippen LogP contribution in [0.3, 0.4) is 0 Å². The normalized spacial score (nSPS) is 25.4. The van der Waals surface area contributed by atoms with Crippen molar-refractivity contribution in [2.24, 2.45) is 11.3 Å². The van der Waals surface area contributed by atoms with Crippen molar-refractivity contribution in [3.05, 3.63) is 35.9 Å². The van der Waals surface area contributed by atoms with Gasteiger partial charge in [0.1, 0.15) is 0 Å². The third kappa shape index (κ3) is 4.07. The van der Waals surface area contributed by atoms with Crippen molar-refractivity contribution in [2.75, 3.05) is 6.54 Å². The van der Waals surface area contributed by atoms with Crippen LogP contribution in [0.25, 0.3) is 0 Å². The number of benzene rings is 1. The molecule has 0 aromatic heterocycles. The highest BCUT2D eigenvalue weighted by molar-refractivity contribution is 5.17. The summed E-state index contributed by atoms with van der Waals surface area (Å²) in [6.45, 7) is 7.67. The highest BCUT2D eigenvalue weighted by atomic mass is 16.3. The van der Waals surface area contributed by atoms with Gasteiger partial charge in [-0.2, -0.15) is 0 Å². The average molecular weight is 275 g/mol. The Morgan fingerprint density at radius 2 is 1.80 bits per heavy atom. The minimum Gasteiger partial charge on any atom is -0.387 e. The molecule has 0 radical (unpaired) electrons. The topological polar surface area (TPSA) is 32.3 Å². The summed E-state index contributed by atoms with van der Waals surface area (Å²) in [5.74, 6) is 0.708. The van der Waals surface area contributed by atoms with E-state index in [-0.39, 0.29) is 0 Å². The molecular formula is C18H29NO. The fourth-order valence-corrected chi connectivity index (χ4v) is 3.47. The van der Waals surface area contributed by atoms with E-state index in [1.807, 2.05) is 30.3 Å². The van der Waals surface area contributed by atoms with Gasteiger partial charge in [0.05, 0.1) is 6.10 Å². The Hall–Kier alpha value is -0.860. The maximum absolute atomic E-state index is 10.3. The summed E-state index contributed by atoms with van der Waals surface area (Å²) in [4.78, 5) is 0. The van der Waals surface area contributed by atoms with Crippen molar-refractivity contribution in [2.45, 2.75) is 58.6 Å². The zero-order chi connectivity index (χ0) is 14.6. The molecule has 0 heterocycles. The van der Waals surface area contributed by atoms with E-state index >= 15 is 0 Å². The van der Waals surface area contributed by atoms with Crippen molar-refractivity contribution >= 4 is 0 Å². The molecule has 0 bridgehead atoms. The Balaban J connectivity index is 1.91. The first kappa shape index (κ1) is 15.5. The lowest BCUT2D eigenvalue weighted by Crippen LogP contribution is -2.45. The van der Waals surface area contributed by atoms with Crippen molar-refractivity contribution in [3.8, 4) is 0 Å².